The van der Waals surface area contributed by atoms with Gasteiger partial charge in [0.2, 0.25) is 0 Å². The molecule has 14 heavy (non-hydrogen) atoms. The summed E-state index contributed by atoms with van der Waals surface area (Å²) < 4.78 is 13.5. The van der Waals surface area contributed by atoms with Gasteiger partial charge < -0.3 is 0 Å². The zero-order chi connectivity index (χ0) is 10.1. The molecule has 1 N–H and O–H groups in total. The van der Waals surface area contributed by atoms with Crippen LogP contribution in [0.2, 0.25) is 0 Å². The lowest BCUT2D eigenvalue weighted by Gasteiger charge is -2.05. The Labute approximate surface area is 81.0 Å². The van der Waals surface area contributed by atoms with Crippen molar-refractivity contribution in [1.82, 2.24) is 15.4 Å². The second-order valence-electron chi connectivity index (χ2n) is 3.23. The molecule has 0 aliphatic rings. The fraction of sp³-hybridized carbons (Fsp3) is 0.200. The Morgan fingerprint density at radius 1 is 1.29 bits per heavy atom. The molecule has 0 saturated heterocycles. The van der Waals surface area contributed by atoms with E-state index in [4.69, 9.17) is 0 Å². The van der Waals surface area contributed by atoms with Gasteiger partial charge in [-0.2, -0.15) is 0 Å². The van der Waals surface area contributed by atoms with Crippen molar-refractivity contribution in [2.75, 3.05) is 0 Å². The molecule has 72 valence electrons. The van der Waals surface area contributed by atoms with Crippen molar-refractivity contribution in [1.29, 1.82) is 0 Å². The minimum atomic E-state index is -0.175. The van der Waals surface area contributed by atoms with E-state index < -0.39 is 0 Å². The standard InChI is InChI=1S/C10H10FN3/c1-6-3-4-8(7(2)10(6)11)9-5-12-14-13-9/h3-5H,1-2H3,(H,12,13,14). The first-order chi connectivity index (χ1) is 6.70. The van der Waals surface area contributed by atoms with Crippen LogP contribution in [0.15, 0.2) is 18.3 Å². The maximum absolute atomic E-state index is 13.5. The summed E-state index contributed by atoms with van der Waals surface area (Å²) in [5.41, 5.74) is 2.71. The van der Waals surface area contributed by atoms with Crippen molar-refractivity contribution in [3.8, 4) is 11.3 Å². The number of nitrogens with one attached hydrogen (secondary N) is 1. The number of rotatable bonds is 1. The van der Waals surface area contributed by atoms with E-state index in [1.54, 1.807) is 26.1 Å². The van der Waals surface area contributed by atoms with Crippen LogP contribution in [0.5, 0.6) is 0 Å². The first kappa shape index (κ1) is 8.87. The van der Waals surface area contributed by atoms with Gasteiger partial charge in [0, 0.05) is 11.8 Å². The summed E-state index contributed by atoms with van der Waals surface area (Å²) in [5.74, 6) is -0.175. The van der Waals surface area contributed by atoms with Crippen LogP contribution in [-0.4, -0.2) is 15.4 Å². The van der Waals surface area contributed by atoms with E-state index in [0.29, 0.717) is 16.8 Å². The molecular formula is C10H10FN3. The van der Waals surface area contributed by atoms with Gasteiger partial charge in [0.15, 0.2) is 0 Å². The van der Waals surface area contributed by atoms with Gasteiger partial charge in [0.25, 0.3) is 0 Å². The average molecular weight is 191 g/mol. The van der Waals surface area contributed by atoms with Crippen molar-refractivity contribution in [2.45, 2.75) is 13.8 Å². The molecule has 0 radical (unpaired) electrons. The van der Waals surface area contributed by atoms with E-state index in [1.807, 2.05) is 6.07 Å². The van der Waals surface area contributed by atoms with Gasteiger partial charge in [-0.3, -0.25) is 5.10 Å². The molecule has 1 aromatic carbocycles. The van der Waals surface area contributed by atoms with E-state index in [2.05, 4.69) is 15.4 Å². The number of nitrogens with zero attached hydrogens (tertiary/aromatic N) is 2. The minimum Gasteiger partial charge on any atom is -0.265 e. The summed E-state index contributed by atoms with van der Waals surface area (Å²) in [5, 5.41) is 10.0. The number of hydrogen-bond acceptors (Lipinski definition) is 2. The number of benzene rings is 1. The van der Waals surface area contributed by atoms with Gasteiger partial charge in [0.1, 0.15) is 11.5 Å². The maximum Gasteiger partial charge on any atom is 0.129 e. The first-order valence-electron chi connectivity index (χ1n) is 4.32. The monoisotopic (exact) mass is 191 g/mol. The molecule has 0 atom stereocenters. The highest BCUT2D eigenvalue weighted by Gasteiger charge is 2.09. The predicted octanol–water partition coefficient (Wildman–Crippen LogP) is 2.23. The Morgan fingerprint density at radius 3 is 2.71 bits per heavy atom. The third-order valence-corrected chi connectivity index (χ3v) is 2.27. The summed E-state index contributed by atoms with van der Waals surface area (Å²) >= 11 is 0. The molecule has 0 unspecified atom stereocenters. The fourth-order valence-corrected chi connectivity index (χ4v) is 1.43. The molecule has 2 rings (SSSR count). The highest BCUT2D eigenvalue weighted by atomic mass is 19.1. The third-order valence-electron chi connectivity index (χ3n) is 2.27. The Bertz CT molecular complexity index is 449. The zero-order valence-corrected chi connectivity index (χ0v) is 8.00. The summed E-state index contributed by atoms with van der Waals surface area (Å²) in [6, 6.07) is 3.60. The number of aryl methyl sites for hydroxylation is 1. The Hall–Kier alpha value is -1.71. The summed E-state index contributed by atoms with van der Waals surface area (Å²) in [4.78, 5) is 0. The highest BCUT2D eigenvalue weighted by molar-refractivity contribution is 5.63. The van der Waals surface area contributed by atoms with Gasteiger partial charge >= 0.3 is 0 Å². The molecule has 0 aliphatic carbocycles. The molecule has 0 aliphatic heterocycles. The van der Waals surface area contributed by atoms with Crippen LogP contribution < -0.4 is 0 Å². The van der Waals surface area contributed by atoms with E-state index in [1.165, 1.54) is 0 Å². The van der Waals surface area contributed by atoms with Crippen LogP contribution in [0.25, 0.3) is 11.3 Å². The molecule has 0 fully saturated rings. The van der Waals surface area contributed by atoms with Gasteiger partial charge in [-0.1, -0.05) is 17.3 Å². The smallest absolute Gasteiger partial charge is 0.129 e. The van der Waals surface area contributed by atoms with Crippen molar-refractivity contribution < 1.29 is 4.39 Å². The van der Waals surface area contributed by atoms with Gasteiger partial charge in [-0.25, -0.2) is 4.39 Å². The number of aromatic amines is 1. The van der Waals surface area contributed by atoms with E-state index in [0.717, 1.165) is 5.56 Å². The normalized spacial score (nSPS) is 10.5. The second-order valence-corrected chi connectivity index (χ2v) is 3.23. The van der Waals surface area contributed by atoms with Crippen LogP contribution >= 0.6 is 0 Å². The van der Waals surface area contributed by atoms with Crippen molar-refractivity contribution in [3.05, 3.63) is 35.3 Å². The molecule has 3 nitrogen and oxygen atoms in total. The first-order valence-corrected chi connectivity index (χ1v) is 4.32. The lowest BCUT2D eigenvalue weighted by atomic mass is 10.0. The molecule has 0 bridgehead atoms. The molecule has 4 heteroatoms. The summed E-state index contributed by atoms with van der Waals surface area (Å²) in [6.45, 7) is 3.49. The average Bonchev–Trinajstić information content (AvgIpc) is 2.67. The number of halogens is 1. The van der Waals surface area contributed by atoms with Gasteiger partial charge in [-0.15, -0.1) is 5.10 Å². The lowest BCUT2D eigenvalue weighted by molar-refractivity contribution is 0.610. The topological polar surface area (TPSA) is 41.6 Å². The molecule has 0 amide bonds. The van der Waals surface area contributed by atoms with Gasteiger partial charge in [-0.05, 0) is 25.0 Å². The Morgan fingerprint density at radius 2 is 2.07 bits per heavy atom. The molecule has 1 heterocycles. The minimum absolute atomic E-state index is 0.175. The quantitative estimate of drug-likeness (QED) is 0.750. The highest BCUT2D eigenvalue weighted by Crippen LogP contribution is 2.24. The molecular weight excluding hydrogens is 181 g/mol. The predicted molar refractivity (Wildman–Crippen MR) is 51.3 cm³/mol. The van der Waals surface area contributed by atoms with Crippen LogP contribution in [0.1, 0.15) is 11.1 Å². The van der Waals surface area contributed by atoms with Gasteiger partial charge in [0.05, 0.1) is 0 Å². The van der Waals surface area contributed by atoms with Crippen LogP contribution in [0.4, 0.5) is 4.39 Å². The molecule has 0 saturated carbocycles. The van der Waals surface area contributed by atoms with Crippen LogP contribution in [-0.2, 0) is 0 Å². The summed E-state index contributed by atoms with van der Waals surface area (Å²) in [6.07, 6.45) is 1.65. The zero-order valence-electron chi connectivity index (χ0n) is 8.00. The Kier molecular flexibility index (Phi) is 2.04. The van der Waals surface area contributed by atoms with Crippen molar-refractivity contribution >= 4 is 0 Å². The maximum atomic E-state index is 13.5. The van der Waals surface area contributed by atoms with Crippen molar-refractivity contribution in [3.63, 3.8) is 0 Å². The number of aromatic nitrogens is 3. The summed E-state index contributed by atoms with van der Waals surface area (Å²) in [7, 11) is 0. The van der Waals surface area contributed by atoms with E-state index in [-0.39, 0.29) is 5.82 Å². The Balaban J connectivity index is 2.61. The van der Waals surface area contributed by atoms with Crippen LogP contribution in [0, 0.1) is 19.7 Å². The van der Waals surface area contributed by atoms with E-state index >= 15 is 0 Å². The lowest BCUT2D eigenvalue weighted by Crippen LogP contribution is -1.91. The largest absolute Gasteiger partial charge is 0.265 e. The molecule has 0 spiro atoms. The van der Waals surface area contributed by atoms with Crippen molar-refractivity contribution in [2.24, 2.45) is 0 Å². The molecule has 1 aromatic heterocycles. The molecule has 2 aromatic rings. The third kappa shape index (κ3) is 1.28. The second kappa shape index (κ2) is 3.21. The van der Waals surface area contributed by atoms with E-state index in [9.17, 15) is 4.39 Å². The number of hydrogen-bond donors (Lipinski definition) is 1. The SMILES string of the molecule is Cc1ccc(-c2c[nH]nn2)c(C)c1F. The number of H-pyrrole nitrogens is 1. The van der Waals surface area contributed by atoms with Crippen LogP contribution in [0.3, 0.4) is 0 Å². The fourth-order valence-electron chi connectivity index (χ4n) is 1.43.